The molecular formula is C14H19NOS. The predicted octanol–water partition coefficient (Wildman–Crippen LogP) is 2.91. The molecule has 1 aliphatic carbocycles. The summed E-state index contributed by atoms with van der Waals surface area (Å²) in [5.74, 6) is 2.23. The summed E-state index contributed by atoms with van der Waals surface area (Å²) in [6, 6.07) is 7.15. The zero-order chi connectivity index (χ0) is 11.9. The van der Waals surface area contributed by atoms with Gasteiger partial charge in [-0.2, -0.15) is 0 Å². The van der Waals surface area contributed by atoms with Gasteiger partial charge in [0.25, 0.3) is 0 Å². The topological polar surface area (TPSA) is 21.3 Å². The average Bonchev–Trinajstić information content (AvgIpc) is 2.68. The van der Waals surface area contributed by atoms with Crippen molar-refractivity contribution in [2.45, 2.75) is 37.1 Å². The van der Waals surface area contributed by atoms with Gasteiger partial charge in [0.15, 0.2) is 0 Å². The Labute approximate surface area is 107 Å². The normalized spacial score (nSPS) is 31.5. The minimum Gasteiger partial charge on any atom is -0.497 e. The molecule has 0 amide bonds. The lowest BCUT2D eigenvalue weighted by Gasteiger charge is -2.39. The number of nitrogens with one attached hydrogen (secondary N) is 1. The molecular weight excluding hydrogens is 230 g/mol. The number of ether oxygens (including phenoxy) is 1. The van der Waals surface area contributed by atoms with Gasteiger partial charge in [-0.05, 0) is 55.2 Å². The Morgan fingerprint density at radius 2 is 2.35 bits per heavy atom. The van der Waals surface area contributed by atoms with Crippen LogP contribution < -0.4 is 10.1 Å². The summed E-state index contributed by atoms with van der Waals surface area (Å²) in [7, 11) is 1.74. The molecule has 0 saturated carbocycles. The van der Waals surface area contributed by atoms with Crippen molar-refractivity contribution in [3.05, 3.63) is 29.3 Å². The van der Waals surface area contributed by atoms with Crippen molar-refractivity contribution in [1.82, 2.24) is 5.32 Å². The van der Waals surface area contributed by atoms with Crippen LogP contribution in [0.4, 0.5) is 0 Å². The quantitative estimate of drug-likeness (QED) is 0.827. The zero-order valence-corrected chi connectivity index (χ0v) is 11.3. The summed E-state index contributed by atoms with van der Waals surface area (Å²) in [5.41, 5.74) is 2.94. The molecule has 1 aromatic rings. The molecule has 1 fully saturated rings. The first kappa shape index (κ1) is 11.4. The Morgan fingerprint density at radius 1 is 1.47 bits per heavy atom. The predicted molar refractivity (Wildman–Crippen MR) is 72.7 cm³/mol. The Bertz CT molecular complexity index is 430. The summed E-state index contributed by atoms with van der Waals surface area (Å²) in [6.07, 6.45) is 3.67. The third-order valence-electron chi connectivity index (χ3n) is 3.88. The van der Waals surface area contributed by atoms with Crippen molar-refractivity contribution in [2.24, 2.45) is 0 Å². The van der Waals surface area contributed by atoms with Crippen LogP contribution in [0, 0.1) is 0 Å². The number of thioether (sulfide) groups is 1. The van der Waals surface area contributed by atoms with Crippen molar-refractivity contribution in [3.63, 3.8) is 0 Å². The van der Waals surface area contributed by atoms with Crippen LogP contribution in [0.1, 0.15) is 30.9 Å². The molecule has 2 atom stereocenters. The van der Waals surface area contributed by atoms with E-state index >= 15 is 0 Å². The number of fused-ring (bicyclic) bond motifs is 2. The summed E-state index contributed by atoms with van der Waals surface area (Å²) >= 11 is 2.07. The van der Waals surface area contributed by atoms with Crippen LogP contribution in [0.25, 0.3) is 0 Å². The van der Waals surface area contributed by atoms with Crippen molar-refractivity contribution in [1.29, 1.82) is 0 Å². The van der Waals surface area contributed by atoms with Crippen LogP contribution in [0.15, 0.2) is 18.2 Å². The molecule has 1 aliphatic heterocycles. The third kappa shape index (κ3) is 1.85. The maximum atomic E-state index is 5.36. The van der Waals surface area contributed by atoms with E-state index in [0.29, 0.717) is 6.04 Å². The van der Waals surface area contributed by atoms with E-state index in [4.69, 9.17) is 4.74 Å². The molecule has 1 spiro atoms. The number of hydrogen-bond acceptors (Lipinski definition) is 3. The standard InChI is InChI=1S/C14H19NOS/c1-10-6-8-17-14(15-10)7-5-11-3-4-12(16-2)9-13(11)14/h3-4,9-10,15H,5-8H2,1-2H3. The molecule has 1 aromatic carbocycles. The highest BCUT2D eigenvalue weighted by molar-refractivity contribution is 8.00. The van der Waals surface area contributed by atoms with E-state index < -0.39 is 0 Å². The Balaban J connectivity index is 2.01. The van der Waals surface area contributed by atoms with E-state index in [1.165, 1.54) is 36.1 Å². The summed E-state index contributed by atoms with van der Waals surface area (Å²) in [5, 5.41) is 3.81. The molecule has 17 heavy (non-hydrogen) atoms. The molecule has 2 aliphatic rings. The van der Waals surface area contributed by atoms with Gasteiger partial charge in [0.2, 0.25) is 0 Å². The first-order valence-electron chi connectivity index (χ1n) is 6.32. The molecule has 0 aromatic heterocycles. The third-order valence-corrected chi connectivity index (χ3v) is 5.35. The van der Waals surface area contributed by atoms with Crippen molar-refractivity contribution < 1.29 is 4.74 Å². The van der Waals surface area contributed by atoms with Crippen LogP contribution in [0.2, 0.25) is 0 Å². The van der Waals surface area contributed by atoms with Crippen LogP contribution in [-0.2, 0) is 11.3 Å². The van der Waals surface area contributed by atoms with E-state index in [9.17, 15) is 0 Å². The fraction of sp³-hybridized carbons (Fsp3) is 0.571. The lowest BCUT2D eigenvalue weighted by atomic mass is 10.1. The maximum Gasteiger partial charge on any atom is 0.119 e. The number of rotatable bonds is 1. The van der Waals surface area contributed by atoms with Gasteiger partial charge in [0, 0.05) is 6.04 Å². The number of aryl methyl sites for hydroxylation is 1. The summed E-state index contributed by atoms with van der Waals surface area (Å²) < 4.78 is 5.36. The maximum absolute atomic E-state index is 5.36. The minimum absolute atomic E-state index is 0.154. The minimum atomic E-state index is 0.154. The second kappa shape index (κ2) is 4.21. The Morgan fingerprint density at radius 3 is 3.12 bits per heavy atom. The van der Waals surface area contributed by atoms with E-state index in [-0.39, 0.29) is 4.87 Å². The number of methoxy groups -OCH3 is 1. The fourth-order valence-corrected chi connectivity index (χ4v) is 4.64. The van der Waals surface area contributed by atoms with Gasteiger partial charge >= 0.3 is 0 Å². The Hall–Kier alpha value is -0.670. The van der Waals surface area contributed by atoms with E-state index in [0.717, 1.165) is 5.75 Å². The number of hydrogen-bond donors (Lipinski definition) is 1. The van der Waals surface area contributed by atoms with Crippen LogP contribution in [0.5, 0.6) is 5.75 Å². The van der Waals surface area contributed by atoms with Crippen molar-refractivity contribution in [2.75, 3.05) is 12.9 Å². The monoisotopic (exact) mass is 249 g/mol. The molecule has 3 rings (SSSR count). The second-order valence-electron chi connectivity index (χ2n) is 5.03. The van der Waals surface area contributed by atoms with Gasteiger partial charge in [-0.25, -0.2) is 0 Å². The fourth-order valence-electron chi connectivity index (χ4n) is 2.94. The van der Waals surface area contributed by atoms with Gasteiger partial charge in [-0.3, -0.25) is 5.32 Å². The van der Waals surface area contributed by atoms with Gasteiger partial charge in [-0.15, -0.1) is 11.8 Å². The summed E-state index contributed by atoms with van der Waals surface area (Å²) in [4.78, 5) is 0.154. The largest absolute Gasteiger partial charge is 0.497 e. The van der Waals surface area contributed by atoms with Gasteiger partial charge in [0.1, 0.15) is 5.75 Å². The van der Waals surface area contributed by atoms with Gasteiger partial charge in [0.05, 0.1) is 12.0 Å². The highest BCUT2D eigenvalue weighted by atomic mass is 32.2. The Kier molecular flexibility index (Phi) is 2.83. The number of benzene rings is 1. The van der Waals surface area contributed by atoms with Crippen molar-refractivity contribution in [3.8, 4) is 5.75 Å². The highest BCUT2D eigenvalue weighted by Gasteiger charge is 2.42. The first-order valence-corrected chi connectivity index (χ1v) is 7.31. The highest BCUT2D eigenvalue weighted by Crippen LogP contribution is 2.48. The molecule has 92 valence electrons. The lowest BCUT2D eigenvalue weighted by molar-refractivity contribution is 0.389. The van der Waals surface area contributed by atoms with E-state index in [1.807, 2.05) is 0 Å². The smallest absolute Gasteiger partial charge is 0.119 e. The molecule has 0 radical (unpaired) electrons. The molecule has 2 nitrogen and oxygen atoms in total. The molecule has 1 N–H and O–H groups in total. The molecule has 2 unspecified atom stereocenters. The molecule has 0 bridgehead atoms. The molecule has 1 saturated heterocycles. The van der Waals surface area contributed by atoms with Crippen LogP contribution in [-0.4, -0.2) is 18.9 Å². The van der Waals surface area contributed by atoms with Gasteiger partial charge < -0.3 is 4.74 Å². The van der Waals surface area contributed by atoms with E-state index in [1.54, 1.807) is 7.11 Å². The van der Waals surface area contributed by atoms with Gasteiger partial charge in [-0.1, -0.05) is 6.07 Å². The first-order chi connectivity index (χ1) is 8.23. The molecule has 1 heterocycles. The van der Waals surface area contributed by atoms with Crippen LogP contribution >= 0.6 is 11.8 Å². The average molecular weight is 249 g/mol. The van der Waals surface area contributed by atoms with E-state index in [2.05, 4.69) is 42.2 Å². The second-order valence-corrected chi connectivity index (χ2v) is 6.43. The molecule has 3 heteroatoms. The lowest BCUT2D eigenvalue weighted by Crippen LogP contribution is -2.46. The van der Waals surface area contributed by atoms with Crippen LogP contribution in [0.3, 0.4) is 0 Å². The van der Waals surface area contributed by atoms with Crippen molar-refractivity contribution >= 4 is 11.8 Å². The SMILES string of the molecule is COc1ccc2c(c1)C1(CC2)NC(C)CCS1. The summed E-state index contributed by atoms with van der Waals surface area (Å²) in [6.45, 7) is 2.29. The zero-order valence-electron chi connectivity index (χ0n) is 10.5.